The molecule has 8 rings (SSSR count). The Labute approximate surface area is 403 Å². The van der Waals surface area contributed by atoms with Crippen LogP contribution in [0.4, 0.5) is 58.2 Å². The highest BCUT2D eigenvalue weighted by molar-refractivity contribution is 7.89. The minimum absolute atomic E-state index is 0.0176. The van der Waals surface area contributed by atoms with Crippen LogP contribution in [0.1, 0.15) is 59.2 Å². The Bertz CT molecular complexity index is 3140. The fraction of sp³-hybridized carbons (Fsp3) is 0.239. The van der Waals surface area contributed by atoms with Crippen molar-refractivity contribution in [3.05, 3.63) is 115 Å². The van der Waals surface area contributed by atoms with Gasteiger partial charge in [-0.2, -0.15) is 4.98 Å². The molecule has 1 atom stereocenters. The van der Waals surface area contributed by atoms with Gasteiger partial charge in [-0.25, -0.2) is 23.3 Å². The molecule has 1 unspecified atom stereocenters. The monoisotopic (exact) mass is 995 g/mol. The number of hydrogen-bond donors (Lipinski definition) is 6. The van der Waals surface area contributed by atoms with Crippen molar-refractivity contribution in [2.75, 3.05) is 39.8 Å². The maximum absolute atomic E-state index is 13.5. The maximum Gasteiger partial charge on any atom is 0.573 e. The molecule has 25 heteroatoms. The predicted molar refractivity (Wildman–Crippen MR) is 252 cm³/mol. The SMILES string of the molecule is CN(c1ccc(NC(=O)Nc2ccc(OC(F)(F)F)c(-c3cn(CCCCCCNc4cccc5c4C(=O)N(C4CCC(=O)NC4=O)C5=O)nn3)c2)cc1)c1ccnc(Nc2cccc(S(N)(=O)=O)c2)n1. The summed E-state index contributed by atoms with van der Waals surface area (Å²) in [7, 11) is -2.17. The zero-order valence-electron chi connectivity index (χ0n) is 37.6. The van der Waals surface area contributed by atoms with Crippen LogP contribution in [-0.4, -0.2) is 93.9 Å². The number of carbonyl (C=O) groups is 5. The highest BCUT2D eigenvalue weighted by Gasteiger charge is 2.45. The first-order chi connectivity index (χ1) is 33.9. The number of unbranched alkanes of at least 4 members (excludes halogenated alkanes) is 3. The molecule has 1 saturated heterocycles. The number of amides is 6. The van der Waals surface area contributed by atoms with Crippen molar-refractivity contribution in [2.24, 2.45) is 5.14 Å². The van der Waals surface area contributed by atoms with Crippen LogP contribution >= 0.6 is 0 Å². The second-order valence-electron chi connectivity index (χ2n) is 16.3. The lowest BCUT2D eigenvalue weighted by atomic mass is 10.0. The van der Waals surface area contributed by atoms with Crippen molar-refractivity contribution in [1.29, 1.82) is 0 Å². The van der Waals surface area contributed by atoms with Gasteiger partial charge in [-0.05, 0) is 98.1 Å². The molecule has 71 heavy (non-hydrogen) atoms. The molecule has 6 amide bonds. The number of aromatic nitrogens is 5. The van der Waals surface area contributed by atoms with E-state index in [9.17, 15) is 45.6 Å². The van der Waals surface area contributed by atoms with Gasteiger partial charge in [-0.1, -0.05) is 30.2 Å². The van der Waals surface area contributed by atoms with E-state index >= 15 is 0 Å². The molecule has 6 aromatic rings. The summed E-state index contributed by atoms with van der Waals surface area (Å²) in [5, 5.41) is 27.1. The minimum Gasteiger partial charge on any atom is -0.405 e. The van der Waals surface area contributed by atoms with Gasteiger partial charge < -0.3 is 30.9 Å². The number of benzene rings is 4. The summed E-state index contributed by atoms with van der Waals surface area (Å²) in [5.74, 6) is -2.22. The first-order valence-corrected chi connectivity index (χ1v) is 23.5. The number of halogens is 3. The summed E-state index contributed by atoms with van der Waals surface area (Å²) in [5.41, 5.74) is 2.42. The van der Waals surface area contributed by atoms with Gasteiger partial charge in [-0.15, -0.1) is 18.3 Å². The molecule has 0 spiro atoms. The van der Waals surface area contributed by atoms with Crippen LogP contribution in [0.15, 0.2) is 108 Å². The number of ether oxygens (including phenoxy) is 1. The quantitative estimate of drug-likeness (QED) is 0.0396. The summed E-state index contributed by atoms with van der Waals surface area (Å²) < 4.78 is 69.7. The van der Waals surface area contributed by atoms with E-state index in [-0.39, 0.29) is 51.8 Å². The molecule has 368 valence electrons. The Morgan fingerprint density at radius 2 is 1.63 bits per heavy atom. The Morgan fingerprint density at radius 3 is 2.39 bits per heavy atom. The summed E-state index contributed by atoms with van der Waals surface area (Å²) in [6, 6.07) is 20.9. The number of nitrogens with two attached hydrogens (primary N) is 1. The van der Waals surface area contributed by atoms with Gasteiger partial charge in [-0.3, -0.25) is 34.1 Å². The van der Waals surface area contributed by atoms with E-state index in [2.05, 4.69) is 51.6 Å². The minimum atomic E-state index is -5.02. The van der Waals surface area contributed by atoms with Gasteiger partial charge in [0.25, 0.3) is 11.8 Å². The topological polar surface area (TPSA) is 278 Å². The van der Waals surface area contributed by atoms with Crippen LogP contribution in [0.3, 0.4) is 0 Å². The van der Waals surface area contributed by atoms with Gasteiger partial charge in [0.05, 0.1) is 22.2 Å². The smallest absolute Gasteiger partial charge is 0.405 e. The lowest BCUT2D eigenvalue weighted by molar-refractivity contribution is -0.274. The number of rotatable bonds is 18. The second kappa shape index (κ2) is 20.6. The van der Waals surface area contributed by atoms with Crippen molar-refractivity contribution in [2.45, 2.75) is 62.4 Å². The van der Waals surface area contributed by atoms with E-state index in [1.165, 1.54) is 53.5 Å². The third-order valence-corrected chi connectivity index (χ3v) is 12.2. The molecule has 21 nitrogen and oxygen atoms in total. The Morgan fingerprint density at radius 1 is 0.887 bits per heavy atom. The highest BCUT2D eigenvalue weighted by Crippen LogP contribution is 2.36. The molecule has 2 aliphatic heterocycles. The maximum atomic E-state index is 13.5. The largest absolute Gasteiger partial charge is 0.573 e. The summed E-state index contributed by atoms with van der Waals surface area (Å²) >= 11 is 0. The third-order valence-electron chi connectivity index (χ3n) is 11.3. The number of piperidine rings is 1. The number of carbonyl (C=O) groups excluding carboxylic acids is 5. The summed E-state index contributed by atoms with van der Waals surface area (Å²) in [6.07, 6.45) is 0.877. The average molecular weight is 996 g/mol. The fourth-order valence-electron chi connectivity index (χ4n) is 7.86. The van der Waals surface area contributed by atoms with Crippen LogP contribution < -0.4 is 41.4 Å². The predicted octanol–water partition coefficient (Wildman–Crippen LogP) is 6.51. The first-order valence-electron chi connectivity index (χ1n) is 21.9. The van der Waals surface area contributed by atoms with Gasteiger partial charge in [0.2, 0.25) is 27.8 Å². The number of nitrogens with zero attached hydrogens (tertiary/aromatic N) is 7. The number of primary sulfonamides is 1. The van der Waals surface area contributed by atoms with Crippen molar-refractivity contribution in [3.63, 3.8) is 0 Å². The number of fused-ring (bicyclic) bond motifs is 1. The van der Waals surface area contributed by atoms with Crippen molar-refractivity contribution < 1.29 is 50.3 Å². The molecule has 0 saturated carbocycles. The number of imide groups is 2. The molecule has 4 aromatic carbocycles. The molecule has 2 aromatic heterocycles. The van der Waals surface area contributed by atoms with Crippen LogP contribution in [0, 0.1) is 0 Å². The van der Waals surface area contributed by atoms with Gasteiger partial charge in [0, 0.05) is 66.8 Å². The Balaban J connectivity index is 0.824. The molecule has 0 bridgehead atoms. The molecule has 7 N–H and O–H groups in total. The zero-order valence-corrected chi connectivity index (χ0v) is 38.4. The van der Waals surface area contributed by atoms with E-state index in [1.807, 2.05) is 0 Å². The van der Waals surface area contributed by atoms with E-state index < -0.39 is 57.8 Å². The van der Waals surface area contributed by atoms with E-state index in [4.69, 9.17) is 5.14 Å². The number of aryl methyl sites for hydroxylation is 1. The highest BCUT2D eigenvalue weighted by atomic mass is 32.2. The second-order valence-corrected chi connectivity index (χ2v) is 17.8. The van der Waals surface area contributed by atoms with Crippen molar-refractivity contribution in [3.8, 4) is 17.0 Å². The molecular weight excluding hydrogens is 952 g/mol. The van der Waals surface area contributed by atoms with E-state index in [0.717, 1.165) is 23.8 Å². The fourth-order valence-corrected chi connectivity index (χ4v) is 8.42. The summed E-state index contributed by atoms with van der Waals surface area (Å²) in [6.45, 7) is 0.860. The van der Waals surface area contributed by atoms with E-state index in [1.54, 1.807) is 60.5 Å². The zero-order chi connectivity index (χ0) is 50.5. The number of hydrogen-bond acceptors (Lipinski definition) is 15. The summed E-state index contributed by atoms with van der Waals surface area (Å²) in [4.78, 5) is 75.0. The molecule has 2 aliphatic rings. The first kappa shape index (κ1) is 49.0. The molecule has 4 heterocycles. The van der Waals surface area contributed by atoms with Gasteiger partial charge >= 0.3 is 12.4 Å². The molecule has 1 fully saturated rings. The van der Waals surface area contributed by atoms with Crippen LogP contribution in [0.5, 0.6) is 5.75 Å². The lowest BCUT2D eigenvalue weighted by Gasteiger charge is -2.27. The Kier molecular flexibility index (Phi) is 14.2. The standard InChI is InChI=1S/C46H44F3N13O8S/c1-60(38-20-22-52-44(56-38)53-28-8-6-9-31(24-28)71(50,68)69)30-15-12-27(13-16-30)54-45(67)55-29-14-18-37(70-46(47,48)49)33(25-29)35-26-61(59-58-35)23-5-3-2-4-21-51-34-11-7-10-32-40(34)43(66)62(42(32)65)36-17-19-39(63)57-41(36)64/h6-16,18,20,22,24-26,36,51H,2-5,17,19,21,23H2,1H3,(H2,50,68,69)(H,52,53,56)(H2,54,55,67)(H,57,63,64). The van der Waals surface area contributed by atoms with Crippen molar-refractivity contribution >= 4 is 79.9 Å². The lowest BCUT2D eigenvalue weighted by Crippen LogP contribution is -2.54. The number of alkyl halides is 3. The van der Waals surface area contributed by atoms with Crippen molar-refractivity contribution in [1.82, 2.24) is 35.2 Å². The third kappa shape index (κ3) is 11.9. The van der Waals surface area contributed by atoms with E-state index in [0.29, 0.717) is 54.5 Å². The number of urea groups is 1. The van der Waals surface area contributed by atoms with Crippen LogP contribution in [0.25, 0.3) is 11.3 Å². The normalized spacial score (nSPS) is 14.7. The number of anilines is 7. The molecule has 0 radical (unpaired) electrons. The number of nitrogens with one attached hydrogen (secondary N) is 5. The average Bonchev–Trinajstić information content (AvgIpc) is 3.90. The number of sulfonamides is 1. The van der Waals surface area contributed by atoms with Crippen LogP contribution in [-0.2, 0) is 26.2 Å². The van der Waals surface area contributed by atoms with Gasteiger partial charge in [0.15, 0.2) is 0 Å². The molecule has 0 aliphatic carbocycles. The Hall–Kier alpha value is -8.45. The van der Waals surface area contributed by atoms with Crippen LogP contribution in [0.2, 0.25) is 0 Å². The van der Waals surface area contributed by atoms with Gasteiger partial charge in [0.1, 0.15) is 23.3 Å². The molecular formula is C46H44F3N13O8S.